The van der Waals surface area contributed by atoms with E-state index < -0.39 is 23.3 Å². The van der Waals surface area contributed by atoms with Crippen molar-refractivity contribution in [1.29, 1.82) is 0 Å². The number of nitrogens with zero attached hydrogens (tertiary/aromatic N) is 1. The summed E-state index contributed by atoms with van der Waals surface area (Å²) in [6, 6.07) is 2.74. The first-order chi connectivity index (χ1) is 12.3. The fraction of sp³-hybridized carbons (Fsp3) is 0.500. The molecule has 1 aliphatic carbocycles. The number of hydrogen-bond donors (Lipinski definition) is 1. The van der Waals surface area contributed by atoms with E-state index in [1.165, 1.54) is 12.8 Å². The van der Waals surface area contributed by atoms with Crippen LogP contribution in [0, 0.1) is 5.92 Å². The third-order valence-electron chi connectivity index (χ3n) is 4.68. The molecule has 1 aromatic carbocycles. The van der Waals surface area contributed by atoms with Crippen molar-refractivity contribution in [2.45, 2.75) is 51.3 Å². The van der Waals surface area contributed by atoms with Gasteiger partial charge >= 0.3 is 12.1 Å². The summed E-state index contributed by atoms with van der Waals surface area (Å²) in [5, 5.41) is 0.0503. The number of benzene rings is 1. The third kappa shape index (κ3) is 4.42. The van der Waals surface area contributed by atoms with Crippen LogP contribution in [-0.4, -0.2) is 15.9 Å². The Morgan fingerprint density at radius 1 is 1.27 bits per heavy atom. The molecule has 1 fully saturated rings. The Bertz CT molecular complexity index is 855. The van der Waals surface area contributed by atoms with Gasteiger partial charge in [0.2, 0.25) is 0 Å². The van der Waals surface area contributed by atoms with Gasteiger partial charge in [0.1, 0.15) is 12.4 Å². The quantitative estimate of drug-likeness (QED) is 0.811. The molecule has 0 unspecified atom stereocenters. The lowest BCUT2D eigenvalue weighted by Crippen LogP contribution is -2.15. The van der Waals surface area contributed by atoms with Crippen LogP contribution in [-0.2, 0) is 22.3 Å². The minimum absolute atomic E-state index is 0.0241. The molecule has 0 amide bonds. The molecular formula is C18H19F3N2O3. The highest BCUT2D eigenvalue weighted by atomic mass is 19.4. The maximum atomic E-state index is 12.8. The second-order valence-corrected chi connectivity index (χ2v) is 6.59. The first-order valence-corrected chi connectivity index (χ1v) is 8.59. The molecule has 5 nitrogen and oxygen atoms in total. The standard InChI is InChI=1S/C18H19F3N2O3/c19-18(20,21)12-6-7-13-14(9-12)22-15(23-17(13)25)10-26-16(24)8-5-11-3-1-2-4-11/h6-7,9,11H,1-5,8,10H2,(H,22,23,25). The lowest BCUT2D eigenvalue weighted by atomic mass is 10.0. The molecule has 0 bridgehead atoms. The highest BCUT2D eigenvalue weighted by molar-refractivity contribution is 5.78. The topological polar surface area (TPSA) is 72.0 Å². The Hall–Kier alpha value is -2.38. The van der Waals surface area contributed by atoms with Gasteiger partial charge < -0.3 is 9.72 Å². The molecule has 1 aliphatic rings. The van der Waals surface area contributed by atoms with Crippen LogP contribution in [0.1, 0.15) is 49.9 Å². The highest BCUT2D eigenvalue weighted by Gasteiger charge is 2.30. The molecule has 3 rings (SSSR count). The van der Waals surface area contributed by atoms with Crippen LogP contribution in [0.15, 0.2) is 23.0 Å². The summed E-state index contributed by atoms with van der Waals surface area (Å²) in [7, 11) is 0. The highest BCUT2D eigenvalue weighted by Crippen LogP contribution is 2.30. The number of nitrogens with one attached hydrogen (secondary N) is 1. The van der Waals surface area contributed by atoms with Crippen LogP contribution < -0.4 is 5.56 Å². The molecule has 1 N–H and O–H groups in total. The van der Waals surface area contributed by atoms with Gasteiger partial charge in [0.25, 0.3) is 5.56 Å². The minimum atomic E-state index is -4.52. The van der Waals surface area contributed by atoms with Crippen LogP contribution in [0.4, 0.5) is 13.2 Å². The Labute approximate surface area is 147 Å². The number of carbonyl (C=O) groups is 1. The Morgan fingerprint density at radius 2 is 2.00 bits per heavy atom. The molecule has 2 aromatic rings. The zero-order chi connectivity index (χ0) is 18.7. The molecule has 1 heterocycles. The van der Waals surface area contributed by atoms with Crippen LogP contribution in [0.3, 0.4) is 0 Å². The van der Waals surface area contributed by atoms with E-state index in [0.717, 1.165) is 37.5 Å². The van der Waals surface area contributed by atoms with Gasteiger partial charge in [-0.2, -0.15) is 13.2 Å². The maximum Gasteiger partial charge on any atom is 0.416 e. The zero-order valence-electron chi connectivity index (χ0n) is 14.1. The summed E-state index contributed by atoms with van der Waals surface area (Å²) in [4.78, 5) is 30.2. The van der Waals surface area contributed by atoms with E-state index in [-0.39, 0.29) is 23.3 Å². The van der Waals surface area contributed by atoms with Gasteiger partial charge in [-0.3, -0.25) is 9.59 Å². The van der Waals surface area contributed by atoms with Crippen molar-refractivity contribution in [1.82, 2.24) is 9.97 Å². The number of ether oxygens (including phenoxy) is 1. The number of aromatic amines is 1. The number of hydrogen-bond acceptors (Lipinski definition) is 4. The fourth-order valence-corrected chi connectivity index (χ4v) is 3.27. The van der Waals surface area contributed by atoms with Gasteiger partial charge in [-0.15, -0.1) is 0 Å². The normalized spacial score (nSPS) is 15.5. The van der Waals surface area contributed by atoms with Crippen molar-refractivity contribution in [3.05, 3.63) is 39.9 Å². The second-order valence-electron chi connectivity index (χ2n) is 6.59. The maximum absolute atomic E-state index is 12.8. The van der Waals surface area contributed by atoms with E-state index >= 15 is 0 Å². The first kappa shape index (κ1) is 18.4. The molecule has 0 radical (unpaired) electrons. The van der Waals surface area contributed by atoms with E-state index in [0.29, 0.717) is 12.3 Å². The van der Waals surface area contributed by atoms with E-state index in [4.69, 9.17) is 4.74 Å². The average molecular weight is 368 g/mol. The fourth-order valence-electron chi connectivity index (χ4n) is 3.27. The molecule has 0 spiro atoms. The van der Waals surface area contributed by atoms with Crippen LogP contribution >= 0.6 is 0 Å². The number of rotatable bonds is 5. The number of fused-ring (bicyclic) bond motifs is 1. The zero-order valence-corrected chi connectivity index (χ0v) is 14.1. The molecule has 140 valence electrons. The number of esters is 1. The van der Waals surface area contributed by atoms with E-state index in [1.807, 2.05) is 0 Å². The second kappa shape index (κ2) is 7.47. The van der Waals surface area contributed by atoms with Crippen LogP contribution in [0.25, 0.3) is 10.9 Å². The Balaban J connectivity index is 1.67. The molecule has 0 saturated heterocycles. The van der Waals surface area contributed by atoms with Gasteiger partial charge in [-0.1, -0.05) is 25.7 Å². The number of alkyl halides is 3. The van der Waals surface area contributed by atoms with E-state index in [1.54, 1.807) is 0 Å². The number of carbonyl (C=O) groups excluding carboxylic acids is 1. The predicted octanol–water partition coefficient (Wildman–Crippen LogP) is 3.96. The lowest BCUT2D eigenvalue weighted by Gasteiger charge is -2.10. The van der Waals surface area contributed by atoms with Crippen molar-refractivity contribution >= 4 is 16.9 Å². The molecule has 1 aromatic heterocycles. The average Bonchev–Trinajstić information content (AvgIpc) is 3.10. The molecular weight excluding hydrogens is 349 g/mol. The number of H-pyrrole nitrogens is 1. The van der Waals surface area contributed by atoms with Gasteiger partial charge in [0.05, 0.1) is 16.5 Å². The van der Waals surface area contributed by atoms with Gasteiger partial charge in [0.15, 0.2) is 0 Å². The van der Waals surface area contributed by atoms with Crippen molar-refractivity contribution in [2.75, 3.05) is 0 Å². The molecule has 0 aliphatic heterocycles. The van der Waals surface area contributed by atoms with Crippen LogP contribution in [0.5, 0.6) is 0 Å². The molecule has 0 atom stereocenters. The SMILES string of the molecule is O=C(CCC1CCCC1)OCc1nc2cc(C(F)(F)F)ccc2c(=O)[nH]1. The largest absolute Gasteiger partial charge is 0.458 e. The smallest absolute Gasteiger partial charge is 0.416 e. The van der Waals surface area contributed by atoms with Crippen molar-refractivity contribution in [3.63, 3.8) is 0 Å². The molecule has 26 heavy (non-hydrogen) atoms. The summed E-state index contributed by atoms with van der Waals surface area (Å²) >= 11 is 0. The lowest BCUT2D eigenvalue weighted by molar-refractivity contribution is -0.145. The van der Waals surface area contributed by atoms with Gasteiger partial charge in [0, 0.05) is 6.42 Å². The van der Waals surface area contributed by atoms with Crippen molar-refractivity contribution < 1.29 is 22.7 Å². The summed E-state index contributed by atoms with van der Waals surface area (Å²) in [6.07, 6.45) is 1.20. The van der Waals surface area contributed by atoms with E-state index in [2.05, 4.69) is 9.97 Å². The summed E-state index contributed by atoms with van der Waals surface area (Å²) in [6.45, 7) is -0.273. The molecule has 8 heteroatoms. The van der Waals surface area contributed by atoms with Crippen molar-refractivity contribution in [2.24, 2.45) is 5.92 Å². The monoisotopic (exact) mass is 368 g/mol. The molecule has 1 saturated carbocycles. The summed E-state index contributed by atoms with van der Waals surface area (Å²) in [5.74, 6) is 0.182. The first-order valence-electron chi connectivity index (χ1n) is 8.59. The summed E-state index contributed by atoms with van der Waals surface area (Å²) in [5.41, 5.74) is -1.54. The predicted molar refractivity (Wildman–Crippen MR) is 88.4 cm³/mol. The van der Waals surface area contributed by atoms with Gasteiger partial charge in [-0.05, 0) is 30.5 Å². The van der Waals surface area contributed by atoms with Crippen LogP contribution in [0.2, 0.25) is 0 Å². The summed E-state index contributed by atoms with van der Waals surface area (Å²) < 4.78 is 43.5. The van der Waals surface area contributed by atoms with E-state index in [9.17, 15) is 22.8 Å². The number of halogens is 3. The Morgan fingerprint density at radius 3 is 2.69 bits per heavy atom. The Kier molecular flexibility index (Phi) is 5.29. The minimum Gasteiger partial charge on any atom is -0.458 e. The number of aromatic nitrogens is 2. The van der Waals surface area contributed by atoms with Crippen molar-refractivity contribution in [3.8, 4) is 0 Å². The van der Waals surface area contributed by atoms with Gasteiger partial charge in [-0.25, -0.2) is 4.98 Å². The third-order valence-corrected chi connectivity index (χ3v) is 4.68.